The van der Waals surface area contributed by atoms with Crippen molar-refractivity contribution >= 4 is 29.9 Å². The van der Waals surface area contributed by atoms with Crippen molar-refractivity contribution in [1.82, 2.24) is 25.9 Å². The zero-order valence-corrected chi connectivity index (χ0v) is 30.6. The summed E-state index contributed by atoms with van der Waals surface area (Å²) in [6.07, 6.45) is 5.01. The highest BCUT2D eigenvalue weighted by Gasteiger charge is 2.61. The van der Waals surface area contributed by atoms with Gasteiger partial charge in [0.1, 0.15) is 35.1 Å². The largest absolute Gasteiger partial charge is 0.444 e. The maximum Gasteiger partial charge on any atom is 0.410 e. The van der Waals surface area contributed by atoms with Crippen LogP contribution >= 0.6 is 0 Å². The molecule has 53 heavy (non-hydrogen) atoms. The number of amides is 5. The minimum Gasteiger partial charge on any atom is -0.444 e. The predicted molar refractivity (Wildman–Crippen MR) is 190 cm³/mol. The van der Waals surface area contributed by atoms with E-state index in [1.165, 1.54) is 15.9 Å². The molecule has 1 aliphatic carbocycles. The molecule has 5 atom stereocenters. The molecule has 6 rings (SSSR count). The number of carbonyl (C=O) groups excluding carboxylic acids is 5. The molecule has 1 saturated carbocycles. The number of fused-ring (bicyclic) bond motifs is 3. The second-order valence-corrected chi connectivity index (χ2v) is 15.4. The number of ether oxygens (including phenoxy) is 2. The SMILES string of the molecule is Cc1ccc(ONC(=O)[C@@]23C[C@H]2/C=C\CCCCC[C@H](NC(=O)OC(C)(C)C)C(=O)N2C[C@H](OC(=O)N4Cc5cccc(F)c5C4)C[C@H]2C(=O)N3)cc1. The summed E-state index contributed by atoms with van der Waals surface area (Å²) < 4.78 is 25.8. The first-order valence-electron chi connectivity index (χ1n) is 18.3. The minimum atomic E-state index is -1.35. The molecular formula is C39H48FN5O8. The van der Waals surface area contributed by atoms with Crippen molar-refractivity contribution in [3.63, 3.8) is 0 Å². The van der Waals surface area contributed by atoms with E-state index < -0.39 is 65.1 Å². The lowest BCUT2D eigenvalue weighted by molar-refractivity contribution is -0.142. The summed E-state index contributed by atoms with van der Waals surface area (Å²) in [6, 6.07) is 9.61. The highest BCUT2D eigenvalue weighted by molar-refractivity contribution is 5.98. The first-order chi connectivity index (χ1) is 25.2. The van der Waals surface area contributed by atoms with Crippen molar-refractivity contribution in [2.45, 2.75) is 115 Å². The molecule has 1 saturated heterocycles. The van der Waals surface area contributed by atoms with Gasteiger partial charge in [-0.1, -0.05) is 54.8 Å². The van der Waals surface area contributed by atoms with Crippen LogP contribution < -0.4 is 21.0 Å². The molecule has 14 heteroatoms. The van der Waals surface area contributed by atoms with Crippen LogP contribution in [0, 0.1) is 18.7 Å². The normalized spacial score (nSPS) is 26.4. The molecule has 0 bridgehead atoms. The summed E-state index contributed by atoms with van der Waals surface area (Å²) in [4.78, 5) is 76.9. The first-order valence-corrected chi connectivity index (χ1v) is 18.3. The number of nitrogens with one attached hydrogen (secondary N) is 3. The number of halogens is 1. The maximum atomic E-state index is 14.4. The number of nitrogens with zero attached hydrogens (tertiary/aromatic N) is 2. The van der Waals surface area contributed by atoms with Gasteiger partial charge in [-0.2, -0.15) is 5.48 Å². The number of hydroxylamine groups is 1. The molecule has 0 radical (unpaired) electrons. The minimum absolute atomic E-state index is 0.0270. The highest BCUT2D eigenvalue weighted by atomic mass is 19.1. The highest BCUT2D eigenvalue weighted by Crippen LogP contribution is 2.45. The molecule has 284 valence electrons. The van der Waals surface area contributed by atoms with Crippen molar-refractivity contribution in [3.05, 3.63) is 77.1 Å². The third-order valence-electron chi connectivity index (χ3n) is 10.1. The van der Waals surface area contributed by atoms with Gasteiger partial charge in [0.15, 0.2) is 5.75 Å². The zero-order chi connectivity index (χ0) is 37.9. The topological polar surface area (TPSA) is 156 Å². The molecule has 0 spiro atoms. The van der Waals surface area contributed by atoms with Gasteiger partial charge in [-0.25, -0.2) is 14.0 Å². The molecule has 13 nitrogen and oxygen atoms in total. The lowest BCUT2D eigenvalue weighted by Crippen LogP contribution is -2.58. The number of hydrogen-bond acceptors (Lipinski definition) is 8. The molecule has 0 unspecified atom stereocenters. The summed E-state index contributed by atoms with van der Waals surface area (Å²) in [5.74, 6) is -2.01. The lowest BCUT2D eigenvalue weighted by atomic mass is 10.0. The Morgan fingerprint density at radius 2 is 1.79 bits per heavy atom. The number of carbonyl (C=O) groups is 5. The van der Waals surface area contributed by atoms with E-state index in [1.54, 1.807) is 45.0 Å². The fraction of sp³-hybridized carbons (Fsp3) is 0.513. The standard InChI is InChI=1S/C39H48FN5O8/c1-24-15-17-27(18-16-24)53-43-35(48)39-20-26(39)12-8-6-5-7-9-14-31(41-36(49)52-38(2,3)4)34(47)45-22-28(19-32(45)33(46)42-39)51-37(50)44-21-25-11-10-13-30(40)29(25)23-44/h8,10-13,15-18,26,28,31-32H,5-7,9,14,19-23H2,1-4H3,(H,41,49)(H,42,46)(H,43,48)/b12-8-/t26-,28-,31+,32+,39-/m1/s1. The van der Waals surface area contributed by atoms with Gasteiger partial charge in [-0.05, 0) is 77.1 Å². The van der Waals surface area contributed by atoms with Crippen LogP contribution in [-0.2, 0) is 36.9 Å². The number of rotatable bonds is 5. The van der Waals surface area contributed by atoms with E-state index in [-0.39, 0.29) is 32.0 Å². The summed E-state index contributed by atoms with van der Waals surface area (Å²) in [5, 5.41) is 5.64. The molecule has 5 amide bonds. The third-order valence-corrected chi connectivity index (χ3v) is 10.1. The van der Waals surface area contributed by atoms with E-state index >= 15 is 0 Å². The van der Waals surface area contributed by atoms with E-state index in [4.69, 9.17) is 14.3 Å². The Bertz CT molecular complexity index is 1760. The van der Waals surface area contributed by atoms with Crippen molar-refractivity contribution < 1.29 is 42.7 Å². The van der Waals surface area contributed by atoms with Gasteiger partial charge < -0.3 is 29.8 Å². The Balaban J connectivity index is 1.23. The van der Waals surface area contributed by atoms with Gasteiger partial charge in [-0.15, -0.1) is 0 Å². The van der Waals surface area contributed by atoms with Crippen LogP contribution in [0.4, 0.5) is 14.0 Å². The van der Waals surface area contributed by atoms with E-state index in [1.807, 2.05) is 31.2 Å². The number of allylic oxidation sites excluding steroid dienone is 1. The second kappa shape index (κ2) is 15.5. The van der Waals surface area contributed by atoms with Gasteiger partial charge in [0.25, 0.3) is 5.91 Å². The van der Waals surface area contributed by atoms with Crippen LogP contribution in [0.3, 0.4) is 0 Å². The van der Waals surface area contributed by atoms with Crippen LogP contribution in [0.5, 0.6) is 5.75 Å². The summed E-state index contributed by atoms with van der Waals surface area (Å²) in [6.45, 7) is 7.13. The lowest BCUT2D eigenvalue weighted by Gasteiger charge is -2.30. The fourth-order valence-corrected chi connectivity index (χ4v) is 7.14. The van der Waals surface area contributed by atoms with Crippen LogP contribution in [0.2, 0.25) is 0 Å². The van der Waals surface area contributed by atoms with Crippen molar-refractivity contribution in [3.8, 4) is 5.75 Å². The van der Waals surface area contributed by atoms with Crippen LogP contribution in [0.25, 0.3) is 0 Å². The molecule has 4 aliphatic rings. The average molecular weight is 734 g/mol. The second-order valence-electron chi connectivity index (χ2n) is 15.4. The number of alkyl carbamates (subject to hydrolysis) is 1. The monoisotopic (exact) mass is 733 g/mol. The Morgan fingerprint density at radius 1 is 1.02 bits per heavy atom. The van der Waals surface area contributed by atoms with Gasteiger partial charge in [-0.3, -0.25) is 19.3 Å². The van der Waals surface area contributed by atoms with Gasteiger partial charge in [0.2, 0.25) is 11.8 Å². The van der Waals surface area contributed by atoms with Crippen LogP contribution in [-0.4, -0.2) is 75.6 Å². The molecule has 0 aromatic heterocycles. The van der Waals surface area contributed by atoms with E-state index in [0.29, 0.717) is 36.1 Å². The third kappa shape index (κ3) is 8.91. The van der Waals surface area contributed by atoms with E-state index in [2.05, 4.69) is 16.1 Å². The van der Waals surface area contributed by atoms with Gasteiger partial charge >= 0.3 is 12.2 Å². The number of hydrogen-bond donors (Lipinski definition) is 3. The van der Waals surface area contributed by atoms with E-state index in [9.17, 15) is 28.4 Å². The maximum absolute atomic E-state index is 14.4. The average Bonchev–Trinajstić information content (AvgIpc) is 3.39. The zero-order valence-electron chi connectivity index (χ0n) is 30.6. The molecule has 3 aliphatic heterocycles. The Morgan fingerprint density at radius 3 is 2.53 bits per heavy atom. The van der Waals surface area contributed by atoms with Gasteiger partial charge in [0.05, 0.1) is 13.1 Å². The molecule has 2 aromatic carbocycles. The smallest absolute Gasteiger partial charge is 0.410 e. The van der Waals surface area contributed by atoms with Crippen molar-refractivity contribution in [1.29, 1.82) is 0 Å². The van der Waals surface area contributed by atoms with Crippen molar-refractivity contribution in [2.75, 3.05) is 6.54 Å². The molecule has 3 heterocycles. The number of benzene rings is 2. The van der Waals surface area contributed by atoms with Crippen LogP contribution in [0.15, 0.2) is 54.6 Å². The molecule has 3 N–H and O–H groups in total. The summed E-state index contributed by atoms with van der Waals surface area (Å²) in [5.41, 5.74) is 2.45. The fourth-order valence-electron chi connectivity index (χ4n) is 7.14. The van der Waals surface area contributed by atoms with Gasteiger partial charge in [0, 0.05) is 24.4 Å². The quantitative estimate of drug-likeness (QED) is 0.288. The molecule has 2 fully saturated rings. The summed E-state index contributed by atoms with van der Waals surface area (Å²) >= 11 is 0. The molecular weight excluding hydrogens is 685 g/mol. The number of aryl methyl sites for hydroxylation is 1. The Labute approximate surface area is 308 Å². The summed E-state index contributed by atoms with van der Waals surface area (Å²) in [7, 11) is 0. The predicted octanol–water partition coefficient (Wildman–Crippen LogP) is 4.95. The Hall–Kier alpha value is -5.14. The van der Waals surface area contributed by atoms with Crippen LogP contribution in [0.1, 0.15) is 82.4 Å². The molecule has 2 aromatic rings. The van der Waals surface area contributed by atoms with E-state index in [0.717, 1.165) is 24.8 Å². The first kappa shape index (κ1) is 37.6. The van der Waals surface area contributed by atoms with Crippen molar-refractivity contribution in [2.24, 2.45) is 5.92 Å². The Kier molecular flexibility index (Phi) is 11.0.